The van der Waals surface area contributed by atoms with E-state index in [1.165, 1.54) is 18.7 Å². The number of fused-ring (bicyclic) bond motifs is 1. The van der Waals surface area contributed by atoms with Crippen LogP contribution in [0.15, 0.2) is 52.1 Å². The first-order chi connectivity index (χ1) is 14.7. The SMILES string of the molecule is COC(=O)c1c(OCc2ccccn2)cc(=O)n2c1CCN(Cc1ccsc1)CC2. The third-order valence-electron chi connectivity index (χ3n) is 5.16. The highest BCUT2D eigenvalue weighted by atomic mass is 32.1. The summed E-state index contributed by atoms with van der Waals surface area (Å²) < 4.78 is 12.6. The fraction of sp³-hybridized carbons (Fsp3) is 0.318. The van der Waals surface area contributed by atoms with Crippen molar-refractivity contribution in [3.8, 4) is 5.75 Å². The zero-order chi connectivity index (χ0) is 20.9. The van der Waals surface area contributed by atoms with E-state index in [0.29, 0.717) is 29.9 Å². The van der Waals surface area contributed by atoms with E-state index in [1.807, 2.05) is 18.2 Å². The molecule has 3 aromatic heterocycles. The van der Waals surface area contributed by atoms with E-state index >= 15 is 0 Å². The molecule has 8 heteroatoms. The second-order valence-corrected chi connectivity index (χ2v) is 7.86. The van der Waals surface area contributed by atoms with Crippen LogP contribution < -0.4 is 10.3 Å². The van der Waals surface area contributed by atoms with Gasteiger partial charge in [-0.1, -0.05) is 6.07 Å². The molecular weight excluding hydrogens is 402 g/mol. The molecule has 1 aliphatic heterocycles. The van der Waals surface area contributed by atoms with E-state index in [2.05, 4.69) is 26.7 Å². The zero-order valence-corrected chi connectivity index (χ0v) is 17.6. The molecule has 0 radical (unpaired) electrons. The topological polar surface area (TPSA) is 73.7 Å². The van der Waals surface area contributed by atoms with Gasteiger partial charge >= 0.3 is 5.97 Å². The Morgan fingerprint density at radius 3 is 2.87 bits per heavy atom. The number of rotatable bonds is 6. The molecule has 0 N–H and O–H groups in total. The normalized spacial score (nSPS) is 14.0. The summed E-state index contributed by atoms with van der Waals surface area (Å²) in [7, 11) is 1.34. The van der Waals surface area contributed by atoms with Gasteiger partial charge in [-0.05, 0) is 34.5 Å². The van der Waals surface area contributed by atoms with Gasteiger partial charge in [-0.15, -0.1) is 0 Å². The summed E-state index contributed by atoms with van der Waals surface area (Å²) in [5.74, 6) is -0.254. The Morgan fingerprint density at radius 1 is 1.23 bits per heavy atom. The van der Waals surface area contributed by atoms with Crippen molar-refractivity contribution in [1.82, 2.24) is 14.5 Å². The highest BCUT2D eigenvalue weighted by Crippen LogP contribution is 2.25. The quantitative estimate of drug-likeness (QED) is 0.566. The van der Waals surface area contributed by atoms with E-state index in [1.54, 1.807) is 22.1 Å². The molecule has 7 nitrogen and oxygen atoms in total. The van der Waals surface area contributed by atoms with E-state index in [-0.39, 0.29) is 17.9 Å². The monoisotopic (exact) mass is 425 g/mol. The van der Waals surface area contributed by atoms with Crippen molar-refractivity contribution in [2.45, 2.75) is 26.1 Å². The Hall–Kier alpha value is -2.97. The van der Waals surface area contributed by atoms with Crippen LogP contribution in [-0.4, -0.2) is 40.6 Å². The fourth-order valence-corrected chi connectivity index (χ4v) is 4.32. The van der Waals surface area contributed by atoms with Crippen molar-refractivity contribution in [3.05, 3.63) is 80.2 Å². The van der Waals surface area contributed by atoms with Crippen molar-refractivity contribution in [1.29, 1.82) is 0 Å². The van der Waals surface area contributed by atoms with Crippen molar-refractivity contribution >= 4 is 17.3 Å². The van der Waals surface area contributed by atoms with E-state index in [9.17, 15) is 9.59 Å². The highest BCUT2D eigenvalue weighted by molar-refractivity contribution is 7.07. The van der Waals surface area contributed by atoms with Crippen LogP contribution in [0, 0.1) is 0 Å². The summed E-state index contributed by atoms with van der Waals surface area (Å²) >= 11 is 1.67. The molecule has 0 atom stereocenters. The van der Waals surface area contributed by atoms with Crippen LogP contribution in [0.25, 0.3) is 0 Å². The Bertz CT molecular complexity index is 1060. The van der Waals surface area contributed by atoms with Crippen molar-refractivity contribution in [3.63, 3.8) is 0 Å². The standard InChI is InChI=1S/C22H23N3O4S/c1-28-22(27)21-18-5-8-24(13-16-6-11-30-15-16)9-10-25(18)20(26)12-19(21)29-14-17-4-2-3-7-23-17/h2-4,6-7,11-12,15H,5,8-10,13-14H2,1H3. The molecular formula is C22H23N3O4S. The van der Waals surface area contributed by atoms with Gasteiger partial charge < -0.3 is 14.0 Å². The first kappa shape index (κ1) is 20.3. The predicted molar refractivity (Wildman–Crippen MR) is 114 cm³/mol. The minimum atomic E-state index is -0.499. The molecule has 156 valence electrons. The minimum Gasteiger partial charge on any atom is -0.486 e. The molecule has 0 aliphatic carbocycles. The van der Waals surface area contributed by atoms with Crippen LogP contribution in [0.4, 0.5) is 0 Å². The molecule has 3 aromatic rings. The third-order valence-corrected chi connectivity index (χ3v) is 5.90. The molecule has 1 aliphatic rings. The van der Waals surface area contributed by atoms with E-state index in [0.717, 1.165) is 19.6 Å². The van der Waals surface area contributed by atoms with Gasteiger partial charge in [-0.2, -0.15) is 11.3 Å². The lowest BCUT2D eigenvalue weighted by Crippen LogP contribution is -2.29. The number of ether oxygens (including phenoxy) is 2. The maximum atomic E-state index is 12.8. The van der Waals surface area contributed by atoms with Crippen molar-refractivity contribution < 1.29 is 14.3 Å². The maximum absolute atomic E-state index is 12.8. The van der Waals surface area contributed by atoms with Crippen molar-refractivity contribution in [2.24, 2.45) is 0 Å². The smallest absolute Gasteiger partial charge is 0.343 e. The lowest BCUT2D eigenvalue weighted by Gasteiger charge is -2.18. The summed E-state index contributed by atoms with van der Waals surface area (Å²) in [6, 6.07) is 9.00. The van der Waals surface area contributed by atoms with Crippen LogP contribution in [0.3, 0.4) is 0 Å². The van der Waals surface area contributed by atoms with E-state index in [4.69, 9.17) is 9.47 Å². The first-order valence-electron chi connectivity index (χ1n) is 9.77. The molecule has 4 rings (SSSR count). The van der Waals surface area contributed by atoms with Gasteiger partial charge in [0, 0.05) is 50.6 Å². The lowest BCUT2D eigenvalue weighted by atomic mass is 10.1. The number of thiophene rings is 1. The van der Waals surface area contributed by atoms with Gasteiger partial charge in [0.1, 0.15) is 17.9 Å². The number of nitrogens with zero attached hydrogens (tertiary/aromatic N) is 3. The molecule has 0 saturated heterocycles. The highest BCUT2D eigenvalue weighted by Gasteiger charge is 2.26. The molecule has 0 bridgehead atoms. The zero-order valence-electron chi connectivity index (χ0n) is 16.7. The van der Waals surface area contributed by atoms with Crippen LogP contribution in [0.2, 0.25) is 0 Å². The summed E-state index contributed by atoms with van der Waals surface area (Å²) in [5, 5.41) is 4.20. The van der Waals surface area contributed by atoms with Gasteiger partial charge in [0.25, 0.3) is 5.56 Å². The Morgan fingerprint density at radius 2 is 2.13 bits per heavy atom. The van der Waals surface area contributed by atoms with Crippen LogP contribution in [0.1, 0.15) is 27.3 Å². The average molecular weight is 426 g/mol. The summed E-state index contributed by atoms with van der Waals surface area (Å²) in [5.41, 5.74) is 2.78. The fourth-order valence-electron chi connectivity index (χ4n) is 3.66. The number of hydrogen-bond donors (Lipinski definition) is 0. The van der Waals surface area contributed by atoms with Gasteiger partial charge in [-0.3, -0.25) is 14.7 Å². The second kappa shape index (κ2) is 9.23. The number of hydrogen-bond acceptors (Lipinski definition) is 7. The molecule has 0 saturated carbocycles. The number of carbonyl (C=O) groups excluding carboxylic acids is 1. The Labute approximate surface area is 178 Å². The third kappa shape index (κ3) is 4.44. The number of aromatic nitrogens is 2. The molecule has 4 heterocycles. The van der Waals surface area contributed by atoms with Crippen LogP contribution >= 0.6 is 11.3 Å². The second-order valence-electron chi connectivity index (χ2n) is 7.08. The van der Waals surface area contributed by atoms with E-state index < -0.39 is 5.97 Å². The number of esters is 1. The predicted octanol–water partition coefficient (Wildman–Crippen LogP) is 2.73. The Balaban J connectivity index is 1.63. The van der Waals surface area contributed by atoms with Gasteiger partial charge in [0.05, 0.1) is 12.8 Å². The maximum Gasteiger partial charge on any atom is 0.343 e. The van der Waals surface area contributed by atoms with Gasteiger partial charge in [0.2, 0.25) is 0 Å². The minimum absolute atomic E-state index is 0.165. The molecule has 30 heavy (non-hydrogen) atoms. The van der Waals surface area contributed by atoms with Crippen LogP contribution in [-0.2, 0) is 30.9 Å². The largest absolute Gasteiger partial charge is 0.486 e. The molecule has 0 aromatic carbocycles. The van der Waals surface area contributed by atoms with Gasteiger partial charge in [0.15, 0.2) is 0 Å². The molecule has 0 unspecified atom stereocenters. The number of methoxy groups -OCH3 is 1. The molecule has 0 spiro atoms. The summed E-state index contributed by atoms with van der Waals surface area (Å²) in [4.78, 5) is 32.0. The summed E-state index contributed by atoms with van der Waals surface area (Å²) in [6.07, 6.45) is 2.23. The number of carbonyl (C=O) groups is 1. The average Bonchev–Trinajstić information content (AvgIpc) is 3.19. The summed E-state index contributed by atoms with van der Waals surface area (Å²) in [6.45, 7) is 2.98. The lowest BCUT2D eigenvalue weighted by molar-refractivity contribution is 0.0592. The van der Waals surface area contributed by atoms with Gasteiger partial charge in [-0.25, -0.2) is 4.79 Å². The first-order valence-corrected chi connectivity index (χ1v) is 10.7. The molecule has 0 fully saturated rings. The Kier molecular flexibility index (Phi) is 6.25. The van der Waals surface area contributed by atoms with Crippen molar-refractivity contribution in [2.75, 3.05) is 20.2 Å². The molecule has 0 amide bonds. The number of pyridine rings is 2. The van der Waals surface area contributed by atoms with Crippen LogP contribution in [0.5, 0.6) is 5.75 Å².